The zero-order chi connectivity index (χ0) is 13.0. The summed E-state index contributed by atoms with van der Waals surface area (Å²) in [6, 6.07) is 10.3. The standard InChI is InChI=1S/C15H20N2O/c1-16(2)11-14-8-9-17(12-15(14)18)10-13-6-4-3-5-7-13/h3-7,11H,8-10,12H2,1-2H3/b14-11+. The van der Waals surface area contributed by atoms with Crippen molar-refractivity contribution < 1.29 is 4.79 Å². The molecule has 2 rings (SSSR count). The van der Waals surface area contributed by atoms with E-state index in [0.717, 1.165) is 25.1 Å². The molecule has 96 valence electrons. The van der Waals surface area contributed by atoms with Gasteiger partial charge < -0.3 is 4.90 Å². The Morgan fingerprint density at radius 3 is 2.61 bits per heavy atom. The van der Waals surface area contributed by atoms with Gasteiger partial charge in [-0.25, -0.2) is 0 Å². The van der Waals surface area contributed by atoms with Crippen molar-refractivity contribution in [2.24, 2.45) is 0 Å². The van der Waals surface area contributed by atoms with E-state index >= 15 is 0 Å². The van der Waals surface area contributed by atoms with Crippen molar-refractivity contribution in [2.75, 3.05) is 27.2 Å². The molecule has 0 bridgehead atoms. The van der Waals surface area contributed by atoms with Gasteiger partial charge in [0.1, 0.15) is 0 Å². The highest BCUT2D eigenvalue weighted by Crippen LogP contribution is 2.15. The normalized spacial score (nSPS) is 19.2. The summed E-state index contributed by atoms with van der Waals surface area (Å²) >= 11 is 0. The first-order chi connectivity index (χ1) is 8.65. The van der Waals surface area contributed by atoms with Crippen LogP contribution in [0.5, 0.6) is 0 Å². The fraction of sp³-hybridized carbons (Fsp3) is 0.400. The van der Waals surface area contributed by atoms with Crippen LogP contribution < -0.4 is 0 Å². The number of nitrogens with zero attached hydrogens (tertiary/aromatic N) is 2. The third kappa shape index (κ3) is 3.44. The zero-order valence-corrected chi connectivity index (χ0v) is 11.1. The van der Waals surface area contributed by atoms with Crippen molar-refractivity contribution in [1.29, 1.82) is 0 Å². The van der Waals surface area contributed by atoms with Crippen LogP contribution in [0.15, 0.2) is 42.1 Å². The molecule has 0 radical (unpaired) electrons. The first-order valence-electron chi connectivity index (χ1n) is 6.32. The van der Waals surface area contributed by atoms with Gasteiger partial charge in [0, 0.05) is 39.0 Å². The molecular formula is C15H20N2O. The SMILES string of the molecule is CN(C)/C=C1\CCN(Cc2ccccc2)CC1=O. The second kappa shape index (κ2) is 5.83. The summed E-state index contributed by atoms with van der Waals surface area (Å²) in [6.45, 7) is 2.36. The molecule has 1 aliphatic rings. The van der Waals surface area contributed by atoms with Gasteiger partial charge in [-0.15, -0.1) is 0 Å². The first kappa shape index (κ1) is 12.8. The smallest absolute Gasteiger partial charge is 0.174 e. The summed E-state index contributed by atoms with van der Waals surface area (Å²) in [5.41, 5.74) is 2.22. The molecule has 1 aliphatic heterocycles. The molecule has 0 saturated carbocycles. The van der Waals surface area contributed by atoms with E-state index < -0.39 is 0 Å². The van der Waals surface area contributed by atoms with Crippen LogP contribution in [0.4, 0.5) is 0 Å². The number of Topliss-reactive ketones (excluding diaryl/α,β-unsaturated/α-hetero) is 1. The van der Waals surface area contributed by atoms with E-state index in [1.54, 1.807) is 0 Å². The summed E-state index contributed by atoms with van der Waals surface area (Å²) < 4.78 is 0. The van der Waals surface area contributed by atoms with Crippen molar-refractivity contribution in [3.05, 3.63) is 47.7 Å². The molecule has 0 atom stereocenters. The van der Waals surface area contributed by atoms with Gasteiger partial charge in [0.15, 0.2) is 5.78 Å². The summed E-state index contributed by atoms with van der Waals surface area (Å²) in [6.07, 6.45) is 2.80. The number of piperidine rings is 1. The third-order valence-electron chi connectivity index (χ3n) is 3.09. The number of hydrogen-bond donors (Lipinski definition) is 0. The Kier molecular flexibility index (Phi) is 4.15. The highest BCUT2D eigenvalue weighted by molar-refractivity contribution is 5.97. The first-order valence-corrected chi connectivity index (χ1v) is 6.32. The van der Waals surface area contributed by atoms with Crippen molar-refractivity contribution in [3.8, 4) is 0 Å². The van der Waals surface area contributed by atoms with Gasteiger partial charge in [0.25, 0.3) is 0 Å². The summed E-state index contributed by atoms with van der Waals surface area (Å²) in [5, 5.41) is 0. The highest BCUT2D eigenvalue weighted by atomic mass is 16.1. The molecule has 1 aromatic rings. The van der Waals surface area contributed by atoms with Crippen LogP contribution in [-0.2, 0) is 11.3 Å². The van der Waals surface area contributed by atoms with E-state index in [9.17, 15) is 4.79 Å². The van der Waals surface area contributed by atoms with Gasteiger partial charge >= 0.3 is 0 Å². The van der Waals surface area contributed by atoms with Crippen LogP contribution in [-0.4, -0.2) is 42.8 Å². The Bertz CT molecular complexity index is 437. The number of hydrogen-bond acceptors (Lipinski definition) is 3. The molecular weight excluding hydrogens is 224 g/mol. The van der Waals surface area contributed by atoms with Crippen molar-refractivity contribution >= 4 is 5.78 Å². The molecule has 1 fully saturated rings. The topological polar surface area (TPSA) is 23.6 Å². The highest BCUT2D eigenvalue weighted by Gasteiger charge is 2.21. The summed E-state index contributed by atoms with van der Waals surface area (Å²) in [4.78, 5) is 16.2. The largest absolute Gasteiger partial charge is 0.383 e. The molecule has 1 saturated heterocycles. The van der Waals surface area contributed by atoms with Crippen molar-refractivity contribution in [2.45, 2.75) is 13.0 Å². The van der Waals surface area contributed by atoms with E-state index in [0.29, 0.717) is 6.54 Å². The van der Waals surface area contributed by atoms with Crippen LogP contribution in [0, 0.1) is 0 Å². The van der Waals surface area contributed by atoms with E-state index in [-0.39, 0.29) is 5.78 Å². The maximum absolute atomic E-state index is 12.0. The molecule has 0 amide bonds. The second-order valence-corrected chi connectivity index (χ2v) is 4.99. The van der Waals surface area contributed by atoms with Gasteiger partial charge in [0.05, 0.1) is 6.54 Å². The molecule has 0 N–H and O–H groups in total. The fourth-order valence-corrected chi connectivity index (χ4v) is 2.23. The molecule has 0 aliphatic carbocycles. The molecule has 0 unspecified atom stereocenters. The molecule has 1 heterocycles. The van der Waals surface area contributed by atoms with E-state index in [1.807, 2.05) is 43.4 Å². The monoisotopic (exact) mass is 244 g/mol. The maximum atomic E-state index is 12.0. The summed E-state index contributed by atoms with van der Waals surface area (Å²) in [5.74, 6) is 0.255. The van der Waals surface area contributed by atoms with E-state index in [2.05, 4.69) is 17.0 Å². The Labute approximate surface area is 109 Å². The number of carbonyl (C=O) groups is 1. The lowest BCUT2D eigenvalue weighted by atomic mass is 10.0. The van der Waals surface area contributed by atoms with Gasteiger partial charge in [-0.3, -0.25) is 9.69 Å². The molecule has 3 heteroatoms. The van der Waals surface area contributed by atoms with E-state index in [4.69, 9.17) is 0 Å². The van der Waals surface area contributed by atoms with Crippen LogP contribution >= 0.6 is 0 Å². The fourth-order valence-electron chi connectivity index (χ4n) is 2.23. The van der Waals surface area contributed by atoms with Gasteiger partial charge in [-0.2, -0.15) is 0 Å². The predicted octanol–water partition coefficient (Wildman–Crippen LogP) is 1.91. The summed E-state index contributed by atoms with van der Waals surface area (Å²) in [7, 11) is 3.91. The Morgan fingerprint density at radius 2 is 2.00 bits per heavy atom. The molecule has 1 aromatic carbocycles. The van der Waals surface area contributed by atoms with Crippen LogP contribution in [0.1, 0.15) is 12.0 Å². The number of rotatable bonds is 3. The Morgan fingerprint density at radius 1 is 1.28 bits per heavy atom. The second-order valence-electron chi connectivity index (χ2n) is 4.99. The lowest BCUT2D eigenvalue weighted by Crippen LogP contribution is -2.36. The predicted molar refractivity (Wildman–Crippen MR) is 73.1 cm³/mol. The third-order valence-corrected chi connectivity index (χ3v) is 3.09. The molecule has 3 nitrogen and oxygen atoms in total. The minimum atomic E-state index is 0.255. The lowest BCUT2D eigenvalue weighted by Gasteiger charge is -2.27. The number of benzene rings is 1. The molecule has 0 aromatic heterocycles. The van der Waals surface area contributed by atoms with Gasteiger partial charge in [-0.05, 0) is 12.0 Å². The molecule has 18 heavy (non-hydrogen) atoms. The minimum Gasteiger partial charge on any atom is -0.383 e. The van der Waals surface area contributed by atoms with Crippen molar-refractivity contribution in [1.82, 2.24) is 9.80 Å². The van der Waals surface area contributed by atoms with Gasteiger partial charge in [0.2, 0.25) is 0 Å². The zero-order valence-electron chi connectivity index (χ0n) is 11.1. The van der Waals surface area contributed by atoms with Crippen LogP contribution in [0.3, 0.4) is 0 Å². The molecule has 0 spiro atoms. The van der Waals surface area contributed by atoms with Crippen LogP contribution in [0.25, 0.3) is 0 Å². The number of ketones is 1. The quantitative estimate of drug-likeness (QED) is 0.759. The van der Waals surface area contributed by atoms with E-state index in [1.165, 1.54) is 5.56 Å². The van der Waals surface area contributed by atoms with Gasteiger partial charge in [-0.1, -0.05) is 30.3 Å². The number of likely N-dealkylation sites (tertiary alicyclic amines) is 1. The van der Waals surface area contributed by atoms with Crippen molar-refractivity contribution in [3.63, 3.8) is 0 Å². The lowest BCUT2D eigenvalue weighted by molar-refractivity contribution is -0.118. The van der Waals surface area contributed by atoms with Crippen LogP contribution in [0.2, 0.25) is 0 Å². The maximum Gasteiger partial charge on any atom is 0.174 e. The number of carbonyl (C=O) groups excluding carboxylic acids is 1. The minimum absolute atomic E-state index is 0.255. The average molecular weight is 244 g/mol. The average Bonchev–Trinajstić information content (AvgIpc) is 2.33. The Hall–Kier alpha value is -1.61. The Balaban J connectivity index is 1.95.